The summed E-state index contributed by atoms with van der Waals surface area (Å²) in [6, 6.07) is 6.54. The first-order valence-electron chi connectivity index (χ1n) is 40.7. The van der Waals surface area contributed by atoms with Crippen LogP contribution in [-0.2, 0) is 88.3 Å². The molecule has 0 aliphatic carbocycles. The van der Waals surface area contributed by atoms with Crippen molar-refractivity contribution < 1.29 is 126 Å². The number of sulfone groups is 3. The van der Waals surface area contributed by atoms with Crippen LogP contribution in [0.15, 0.2) is 68.1 Å². The number of hydrogen-bond donors (Lipinski definition) is 1. The minimum absolute atomic E-state index is 0.00633. The number of nitrogens with zero attached hydrogens (tertiary/aromatic N) is 11. The first-order valence-corrected chi connectivity index (χ1v) is 47.6. The fourth-order valence-electron chi connectivity index (χ4n) is 14.6. The average Bonchev–Trinajstić information content (AvgIpc) is 1.69. The van der Waals surface area contributed by atoms with Gasteiger partial charge in [0.25, 0.3) is 11.4 Å². The smallest absolute Gasteiger partial charge is 0.411 e. The molecule has 0 saturated carbocycles. The van der Waals surface area contributed by atoms with E-state index in [0.717, 1.165) is 56.1 Å². The van der Waals surface area contributed by atoms with Crippen LogP contribution in [-0.4, -0.2) is 270 Å². The zero-order chi connectivity index (χ0) is 98.4. The molecule has 5 heterocycles. The second-order valence-corrected chi connectivity index (χ2v) is 42.8. The number of nitrogen functional groups attached to an aromatic ring is 1. The van der Waals surface area contributed by atoms with Crippen molar-refractivity contribution in [3.8, 4) is 0 Å². The lowest BCUT2D eigenvalue weighted by atomic mass is 9.98. The number of aromatic nitrogens is 2. The van der Waals surface area contributed by atoms with Crippen LogP contribution in [0.4, 0.5) is 53.3 Å². The topological polar surface area (TPSA) is 517 Å². The molecule has 7 amide bonds. The maximum atomic E-state index is 13.5. The molecule has 2 N–H and O–H groups in total. The van der Waals surface area contributed by atoms with E-state index < -0.39 is 162 Å². The molecule has 3 fully saturated rings. The molecule has 0 radical (unpaired) electrons. The maximum Gasteiger partial charge on any atom is 0.411 e. The van der Waals surface area contributed by atoms with Gasteiger partial charge in [0.1, 0.15) is 57.7 Å². The Hall–Kier alpha value is -11.5. The molecule has 9 rings (SSSR count). The first kappa shape index (κ1) is 106. The van der Waals surface area contributed by atoms with Crippen LogP contribution in [0.1, 0.15) is 192 Å². The van der Waals surface area contributed by atoms with Gasteiger partial charge < -0.3 is 62.9 Å². The number of nitrogens with two attached hydrogens (primary N) is 1. The van der Waals surface area contributed by atoms with E-state index >= 15 is 0 Å². The molecule has 712 valence electrons. The van der Waals surface area contributed by atoms with E-state index in [1.54, 1.807) is 115 Å². The number of methoxy groups -OCH3 is 4. The fourth-order valence-corrected chi connectivity index (χ4v) is 17.8. The molecule has 5 aromatic rings. The summed E-state index contributed by atoms with van der Waals surface area (Å²) in [5.74, 6) is -5.12. The summed E-state index contributed by atoms with van der Waals surface area (Å²) in [5.41, 5.74) is 2.52. The van der Waals surface area contributed by atoms with Crippen molar-refractivity contribution in [3.63, 3.8) is 0 Å². The molecule has 4 aromatic carbocycles. The Bertz CT molecular complexity index is 5570. The number of amides is 7. The number of piperazine rings is 3. The quantitative estimate of drug-likeness (QED) is 0.0226. The number of carbonyl (C=O) groups excluding carboxylic acids is 11. The molecule has 0 unspecified atom stereocenters. The van der Waals surface area contributed by atoms with Gasteiger partial charge in [-0.05, 0) is 149 Å². The normalized spacial score (nSPS) is 17.1. The van der Waals surface area contributed by atoms with Gasteiger partial charge >= 0.3 is 48.3 Å². The van der Waals surface area contributed by atoms with Crippen molar-refractivity contribution in [2.24, 2.45) is 23.7 Å². The van der Waals surface area contributed by atoms with Gasteiger partial charge in [-0.15, -0.1) is 11.8 Å². The van der Waals surface area contributed by atoms with E-state index in [4.69, 9.17) is 39.1 Å². The number of esters is 4. The van der Waals surface area contributed by atoms with Crippen molar-refractivity contribution in [3.05, 3.63) is 96.8 Å². The molecule has 129 heavy (non-hydrogen) atoms. The van der Waals surface area contributed by atoms with E-state index in [-0.39, 0.29) is 124 Å². The van der Waals surface area contributed by atoms with Crippen LogP contribution in [0.25, 0.3) is 11.0 Å². The average molecular weight is 1890 g/mol. The second-order valence-electron chi connectivity index (χ2n) is 36.0. The zero-order valence-electron chi connectivity index (χ0n) is 77.9. The summed E-state index contributed by atoms with van der Waals surface area (Å²) in [6.07, 6.45) is 2.23. The van der Waals surface area contributed by atoms with Crippen molar-refractivity contribution in [2.75, 3.05) is 120 Å². The van der Waals surface area contributed by atoms with E-state index in [0.29, 0.717) is 34.8 Å². The summed E-state index contributed by atoms with van der Waals surface area (Å²) >= 11 is 1.21. The number of hydrogen-bond acceptors (Lipinski definition) is 32. The van der Waals surface area contributed by atoms with Crippen molar-refractivity contribution in [1.29, 1.82) is 0 Å². The number of benzene rings is 4. The van der Waals surface area contributed by atoms with E-state index in [1.165, 1.54) is 80.8 Å². The molecular weight excluding hydrogens is 1770 g/mol. The number of nitro groups is 2. The molecule has 41 nitrogen and oxygen atoms in total. The highest BCUT2D eigenvalue weighted by Crippen LogP contribution is 2.43. The number of rotatable bonds is 17. The Morgan fingerprint density at radius 2 is 0.698 bits per heavy atom. The lowest BCUT2D eigenvalue weighted by Crippen LogP contribution is -2.61. The monoisotopic (exact) mass is 1890 g/mol. The van der Waals surface area contributed by atoms with Gasteiger partial charge in [0.05, 0.1) is 104 Å². The molecule has 1 aromatic heterocycles. The third kappa shape index (κ3) is 25.6. The minimum atomic E-state index is -4.03. The molecule has 4 atom stereocenters. The standard InChI is InChI=1S/C21H29N3O9S.C21H29N3O7S.C21H31N3O7S.C21H29N3O6S/c1-12(2)17-18(25)22(8-9-23(17)20(27)33-21(3,4)5)14-11-16(34(7,30)31)13(19(26)32-6)10-15(14)24(28)29;1-12(2)17-18(25)22(8-9-23(17)20(27)31-21(3,4)5)14-11-16(32-7)13(19(26)30-6)10-15(14)24(28)29;1-12(2)17-18(25)23(8-9-24(17)20(27)31-21(3,4)5)15-11-16(32(7,28)29)13(10-14(15)22)19(26)30-6;1-12(2)17-18-22-14-10-13(19(25)29-6)16(31(7,27)28)11-15(14)23(18)8-9-24(17)20(26)30-21(3,4)5/h10-12,17H,8-9H2,1-7H3;10-12,17H,8-9H2,1-7H3;10-12,17H,8-9,22H2,1-7H3;10-12,17H,8-9H2,1-7H3/t4*17-/m1111/s1. The molecule has 4 aliphatic heterocycles. The van der Waals surface area contributed by atoms with Crippen LogP contribution in [0, 0.1) is 43.9 Å². The van der Waals surface area contributed by atoms with Gasteiger partial charge in [0.2, 0.25) is 17.7 Å². The minimum Gasteiger partial charge on any atom is -0.465 e. The van der Waals surface area contributed by atoms with Gasteiger partial charge in [0, 0.05) is 88.2 Å². The Morgan fingerprint density at radius 3 is 1.01 bits per heavy atom. The number of ether oxygens (including phenoxy) is 8. The maximum absolute atomic E-state index is 13.5. The van der Waals surface area contributed by atoms with Crippen molar-refractivity contribution in [1.82, 2.24) is 29.2 Å². The third-order valence-corrected chi connectivity index (χ3v) is 24.1. The number of nitro benzene ring substituents is 2. The van der Waals surface area contributed by atoms with Gasteiger partial charge in [-0.3, -0.25) is 54.2 Å². The van der Waals surface area contributed by atoms with E-state index in [1.807, 2.05) is 39.2 Å². The van der Waals surface area contributed by atoms with Crippen LogP contribution >= 0.6 is 11.8 Å². The van der Waals surface area contributed by atoms with Crippen LogP contribution in [0.5, 0.6) is 0 Å². The number of thioether (sulfide) groups is 1. The summed E-state index contributed by atoms with van der Waals surface area (Å²) in [5, 5.41) is 23.6. The molecule has 3 saturated heterocycles. The van der Waals surface area contributed by atoms with Crippen LogP contribution < -0.4 is 20.4 Å². The Morgan fingerprint density at radius 1 is 0.419 bits per heavy atom. The zero-order valence-corrected chi connectivity index (χ0v) is 81.1. The Balaban J connectivity index is 0.000000265. The number of anilines is 4. The molecule has 4 aliphatic rings. The van der Waals surface area contributed by atoms with E-state index in [9.17, 15) is 98.2 Å². The number of fused-ring (bicyclic) bond motifs is 3. The summed E-state index contributed by atoms with van der Waals surface area (Å²) < 4.78 is 117. The molecule has 0 bridgehead atoms. The fraction of sp³-hybridized carbons (Fsp3) is 0.571. The summed E-state index contributed by atoms with van der Waals surface area (Å²) in [6.45, 7) is 36.6. The van der Waals surface area contributed by atoms with Crippen LogP contribution in [0.3, 0.4) is 0 Å². The Labute approximate surface area is 754 Å². The highest BCUT2D eigenvalue weighted by Gasteiger charge is 2.48. The lowest BCUT2D eigenvalue weighted by molar-refractivity contribution is -0.384. The van der Waals surface area contributed by atoms with Gasteiger partial charge in [-0.25, -0.2) is 68.6 Å². The van der Waals surface area contributed by atoms with Gasteiger partial charge in [-0.1, -0.05) is 55.4 Å². The molecule has 0 spiro atoms. The van der Waals surface area contributed by atoms with Crippen molar-refractivity contribution in [2.45, 2.75) is 211 Å². The highest BCUT2D eigenvalue weighted by atomic mass is 32.2. The van der Waals surface area contributed by atoms with Gasteiger partial charge in [0.15, 0.2) is 29.5 Å². The largest absolute Gasteiger partial charge is 0.465 e. The van der Waals surface area contributed by atoms with E-state index in [2.05, 4.69) is 9.47 Å². The molecule has 45 heteroatoms. The third-order valence-electron chi connectivity index (χ3n) is 19.9. The first-order chi connectivity index (χ1) is 59.1. The van der Waals surface area contributed by atoms with Crippen LogP contribution in [0.2, 0.25) is 0 Å². The summed E-state index contributed by atoms with van der Waals surface area (Å²) in [7, 11) is -7.02. The number of carbonyl (C=O) groups is 11. The van der Waals surface area contributed by atoms with Crippen molar-refractivity contribution >= 4 is 152 Å². The second kappa shape index (κ2) is 41.1. The molecular formula is C84H118N12O29S4. The van der Waals surface area contributed by atoms with Gasteiger partial charge in [-0.2, -0.15) is 0 Å². The SMILES string of the molecule is COC(=O)c1cc(N)c(N2CCN(C(=O)OC(C)(C)C)[C@H](C(C)C)C2=O)cc1S(C)(=O)=O.COC(=O)c1cc([N+](=O)[O-])c(N2CCN(C(=O)OC(C)(C)C)[C@H](C(C)C)C2=O)cc1S(C)(=O)=O.COC(=O)c1cc([N+](=O)[O-])c(N2CCN(C(=O)OC(C)(C)C)[C@H](C(C)C)C2=O)cc1SC.COC(=O)c1cc2nc3n(c2cc1S(C)(=O)=O)CCN(C(=O)OC(C)(C)C)[C@@H]3C(C)C. The lowest BCUT2D eigenvalue weighted by Gasteiger charge is -2.42. The predicted molar refractivity (Wildman–Crippen MR) is 476 cm³/mol. The Kier molecular flexibility index (Phi) is 33.9. The number of imidazole rings is 1. The predicted octanol–water partition coefficient (Wildman–Crippen LogP) is 11.3. The highest BCUT2D eigenvalue weighted by molar-refractivity contribution is 7.98. The summed E-state index contributed by atoms with van der Waals surface area (Å²) in [4.78, 5) is 176.